The van der Waals surface area contributed by atoms with E-state index in [0.717, 1.165) is 12.1 Å². The average molecular weight is 388 g/mol. The van der Waals surface area contributed by atoms with Gasteiger partial charge in [0.2, 0.25) is 0 Å². The third kappa shape index (κ3) is 4.03. The summed E-state index contributed by atoms with van der Waals surface area (Å²) in [5.74, 6) is -5.19. The molecule has 4 N–H and O–H groups in total. The van der Waals surface area contributed by atoms with E-state index in [1.54, 1.807) is 13.1 Å². The van der Waals surface area contributed by atoms with Crippen molar-refractivity contribution < 1.29 is 39.6 Å². The number of carboxylic acids is 4. The van der Waals surface area contributed by atoms with Crippen LogP contribution >= 0.6 is 0 Å². The molecule has 0 radical (unpaired) electrons. The number of benzene rings is 2. The minimum atomic E-state index is -2.82. The first kappa shape index (κ1) is 19.9. The molecule has 0 spiro atoms. The van der Waals surface area contributed by atoms with Crippen molar-refractivity contribution in [2.75, 3.05) is 0 Å². The summed E-state index contributed by atoms with van der Waals surface area (Å²) in [6, 6.07) is 7.44. The summed E-state index contributed by atoms with van der Waals surface area (Å²) >= 11 is 0. The lowest BCUT2D eigenvalue weighted by Gasteiger charge is -2.25. The monoisotopic (exact) mass is 388 g/mol. The van der Waals surface area contributed by atoms with Gasteiger partial charge in [-0.15, -0.1) is 0 Å². The van der Waals surface area contributed by atoms with E-state index in [9.17, 15) is 39.6 Å². The Labute approximate surface area is 154 Å². The predicted molar refractivity (Wildman–Crippen MR) is 97.5 cm³/mol. The Hall–Kier alpha value is -3.46. The normalized spacial score (nSPS) is 11.0. The van der Waals surface area contributed by atoms with Crippen LogP contribution in [-0.2, 0) is 0 Å². The molecular weight excluding hydrogens is 372 g/mol. The summed E-state index contributed by atoms with van der Waals surface area (Å²) < 4.78 is 0. The van der Waals surface area contributed by atoms with Crippen molar-refractivity contribution in [2.24, 2.45) is 0 Å². The summed E-state index contributed by atoms with van der Waals surface area (Å²) in [6.45, 7) is 3.51. The Morgan fingerprint density at radius 3 is 0.963 bits per heavy atom. The van der Waals surface area contributed by atoms with Crippen molar-refractivity contribution in [1.82, 2.24) is 0 Å². The highest BCUT2D eigenvalue weighted by Crippen LogP contribution is 2.14. The van der Waals surface area contributed by atoms with Gasteiger partial charge in [0.15, 0.2) is 0 Å². The van der Waals surface area contributed by atoms with E-state index in [1.165, 1.54) is 24.3 Å². The number of aromatic carboxylic acids is 4. The standard InChI is InChI=1S/C18H16O8Si/c1-27(2,13-5-9(15(19)20)3-10(6-13)16(21)22)14-7-11(17(23)24)4-12(8-14)18(25)26/h3-8H,1-2H3,(H,19,20)(H,21,22)(H,23,24)(H,25,26). The summed E-state index contributed by atoms with van der Waals surface area (Å²) in [5.41, 5.74) is -0.840. The van der Waals surface area contributed by atoms with Crippen molar-refractivity contribution in [3.05, 3.63) is 58.7 Å². The SMILES string of the molecule is C[Si](C)(c1cc(C(=O)O)cc(C(=O)O)c1)c1cc(C(=O)O)cc(C(=O)O)c1. The number of carboxylic acid groups (broad SMARTS) is 4. The molecule has 0 unspecified atom stereocenters. The molecule has 2 aromatic carbocycles. The van der Waals surface area contributed by atoms with Gasteiger partial charge in [-0.2, -0.15) is 0 Å². The Kier molecular flexibility index (Phi) is 5.18. The van der Waals surface area contributed by atoms with Crippen LogP contribution in [0.15, 0.2) is 36.4 Å². The van der Waals surface area contributed by atoms with Crippen LogP contribution in [0.25, 0.3) is 0 Å². The van der Waals surface area contributed by atoms with E-state index in [1.807, 2.05) is 0 Å². The van der Waals surface area contributed by atoms with E-state index in [2.05, 4.69) is 0 Å². The highest BCUT2D eigenvalue weighted by molar-refractivity contribution is 7.00. The van der Waals surface area contributed by atoms with E-state index < -0.39 is 32.0 Å². The summed E-state index contributed by atoms with van der Waals surface area (Å²) in [7, 11) is -2.82. The lowest BCUT2D eigenvalue weighted by molar-refractivity contribution is 0.0676. The van der Waals surface area contributed by atoms with Crippen LogP contribution in [0.1, 0.15) is 41.4 Å². The van der Waals surface area contributed by atoms with E-state index in [-0.39, 0.29) is 22.3 Å². The van der Waals surface area contributed by atoms with E-state index in [0.29, 0.717) is 10.4 Å². The second-order valence-electron chi connectivity index (χ2n) is 6.44. The van der Waals surface area contributed by atoms with Gasteiger partial charge >= 0.3 is 23.9 Å². The van der Waals surface area contributed by atoms with Gasteiger partial charge in [0, 0.05) is 0 Å². The number of hydrogen-bond donors (Lipinski definition) is 4. The summed E-state index contributed by atoms with van der Waals surface area (Å²) in [5, 5.41) is 37.9. The van der Waals surface area contributed by atoms with Crippen LogP contribution in [0.3, 0.4) is 0 Å². The van der Waals surface area contributed by atoms with Gasteiger partial charge in [-0.25, -0.2) is 19.2 Å². The molecule has 0 fully saturated rings. The fourth-order valence-corrected chi connectivity index (χ4v) is 5.04. The van der Waals surface area contributed by atoms with Crippen LogP contribution in [0.2, 0.25) is 13.1 Å². The van der Waals surface area contributed by atoms with Crippen LogP contribution in [0, 0.1) is 0 Å². The lowest BCUT2D eigenvalue weighted by Crippen LogP contribution is -2.53. The quantitative estimate of drug-likeness (QED) is 0.541. The van der Waals surface area contributed by atoms with Crippen LogP contribution in [0.5, 0.6) is 0 Å². The van der Waals surface area contributed by atoms with Crippen molar-refractivity contribution in [2.45, 2.75) is 13.1 Å². The van der Waals surface area contributed by atoms with Crippen molar-refractivity contribution >= 4 is 42.3 Å². The first-order chi connectivity index (χ1) is 12.4. The predicted octanol–water partition coefficient (Wildman–Crippen LogP) is 1.30. The molecule has 0 atom stereocenters. The van der Waals surface area contributed by atoms with Gasteiger partial charge in [0.05, 0.1) is 22.3 Å². The number of hydrogen-bond acceptors (Lipinski definition) is 4. The minimum Gasteiger partial charge on any atom is -0.478 e. The zero-order chi connectivity index (χ0) is 20.5. The molecule has 0 aromatic heterocycles. The van der Waals surface area contributed by atoms with Crippen molar-refractivity contribution in [1.29, 1.82) is 0 Å². The van der Waals surface area contributed by atoms with E-state index in [4.69, 9.17) is 0 Å². The highest BCUT2D eigenvalue weighted by Gasteiger charge is 2.30. The summed E-state index contributed by atoms with van der Waals surface area (Å²) in [6.07, 6.45) is 0. The minimum absolute atomic E-state index is 0.210. The van der Waals surface area contributed by atoms with Crippen LogP contribution < -0.4 is 10.4 Å². The third-order valence-electron chi connectivity index (χ3n) is 4.30. The first-order valence-electron chi connectivity index (χ1n) is 7.68. The first-order valence-corrected chi connectivity index (χ1v) is 10.7. The molecule has 0 aliphatic carbocycles. The second kappa shape index (κ2) is 7.04. The maximum Gasteiger partial charge on any atom is 0.335 e. The molecular formula is C18H16O8Si. The molecule has 0 heterocycles. The Morgan fingerprint density at radius 2 is 0.778 bits per heavy atom. The van der Waals surface area contributed by atoms with Gasteiger partial charge < -0.3 is 20.4 Å². The van der Waals surface area contributed by atoms with Crippen molar-refractivity contribution in [3.63, 3.8) is 0 Å². The van der Waals surface area contributed by atoms with Gasteiger partial charge in [0.25, 0.3) is 0 Å². The Morgan fingerprint density at radius 1 is 0.556 bits per heavy atom. The van der Waals surface area contributed by atoms with E-state index >= 15 is 0 Å². The molecule has 8 nitrogen and oxygen atoms in total. The molecule has 9 heteroatoms. The average Bonchev–Trinajstić information content (AvgIpc) is 2.60. The zero-order valence-corrected chi connectivity index (χ0v) is 15.4. The molecule has 0 saturated carbocycles. The fourth-order valence-electron chi connectivity index (χ4n) is 2.64. The topological polar surface area (TPSA) is 149 Å². The van der Waals surface area contributed by atoms with Crippen molar-refractivity contribution in [3.8, 4) is 0 Å². The molecule has 0 bridgehead atoms. The second-order valence-corrected chi connectivity index (χ2v) is 10.8. The largest absolute Gasteiger partial charge is 0.478 e. The molecule has 140 valence electrons. The smallest absolute Gasteiger partial charge is 0.335 e. The Bertz CT molecular complexity index is 835. The fraction of sp³-hybridized carbons (Fsp3) is 0.111. The van der Waals surface area contributed by atoms with Gasteiger partial charge in [-0.1, -0.05) is 23.5 Å². The highest BCUT2D eigenvalue weighted by atomic mass is 28.3. The molecule has 0 saturated heterocycles. The molecule has 0 aliphatic heterocycles. The molecule has 0 amide bonds. The molecule has 0 aliphatic rings. The van der Waals surface area contributed by atoms with Crippen LogP contribution in [-0.4, -0.2) is 52.4 Å². The molecule has 2 rings (SSSR count). The van der Waals surface area contributed by atoms with Gasteiger partial charge in [0.1, 0.15) is 8.07 Å². The van der Waals surface area contributed by atoms with Gasteiger partial charge in [-0.05, 0) is 36.4 Å². The zero-order valence-electron chi connectivity index (χ0n) is 14.4. The molecule has 27 heavy (non-hydrogen) atoms. The Balaban J connectivity index is 2.75. The van der Waals surface area contributed by atoms with Crippen LogP contribution in [0.4, 0.5) is 0 Å². The number of carbonyl (C=O) groups is 4. The maximum absolute atomic E-state index is 11.3. The molecule has 2 aromatic rings. The lowest BCUT2D eigenvalue weighted by atomic mass is 10.1. The summed E-state index contributed by atoms with van der Waals surface area (Å²) in [4.78, 5) is 45.4. The third-order valence-corrected chi connectivity index (χ3v) is 7.76. The van der Waals surface area contributed by atoms with Gasteiger partial charge in [-0.3, -0.25) is 0 Å². The number of rotatable bonds is 6. The maximum atomic E-state index is 11.3.